The Morgan fingerprint density at radius 2 is 1.84 bits per heavy atom. The van der Waals surface area contributed by atoms with Crippen molar-refractivity contribution in [3.05, 3.63) is 80.8 Å². The van der Waals surface area contributed by atoms with E-state index in [1.807, 2.05) is 30.8 Å². The molecule has 0 spiro atoms. The number of alkyl halides is 3. The highest BCUT2D eigenvalue weighted by atomic mass is 32.1. The van der Waals surface area contributed by atoms with Crippen LogP contribution in [0, 0.1) is 0 Å². The quantitative estimate of drug-likeness (QED) is 0.501. The number of benzene rings is 1. The zero-order valence-corrected chi connectivity index (χ0v) is 21.5. The first-order valence-corrected chi connectivity index (χ1v) is 13.3. The fourth-order valence-corrected chi connectivity index (χ4v) is 6.06. The van der Waals surface area contributed by atoms with Crippen molar-refractivity contribution in [1.82, 2.24) is 19.7 Å². The molecule has 0 atom stereocenters. The first kappa shape index (κ1) is 25.8. The summed E-state index contributed by atoms with van der Waals surface area (Å²) >= 11 is 1.53. The number of nitrogens with zero attached hydrogens (tertiary/aromatic N) is 4. The molecule has 4 heterocycles. The monoisotopic (exact) mass is 529 g/mol. The summed E-state index contributed by atoms with van der Waals surface area (Å²) in [5, 5.41) is 4.59. The Labute approximate surface area is 218 Å². The number of amides is 1. The van der Waals surface area contributed by atoms with Gasteiger partial charge in [0.15, 0.2) is 0 Å². The molecule has 0 unspecified atom stereocenters. The second-order valence-electron chi connectivity index (χ2n) is 9.82. The van der Waals surface area contributed by atoms with Crippen LogP contribution in [-0.4, -0.2) is 65.4 Å². The fraction of sp³-hybridized carbons (Fsp3) is 0.407. The molecular formula is C27H30F3N5OS. The van der Waals surface area contributed by atoms with Gasteiger partial charge in [0, 0.05) is 80.7 Å². The van der Waals surface area contributed by atoms with Crippen molar-refractivity contribution in [2.24, 2.45) is 0 Å². The van der Waals surface area contributed by atoms with Crippen LogP contribution in [0.3, 0.4) is 0 Å². The molecule has 0 bridgehead atoms. The number of anilines is 1. The van der Waals surface area contributed by atoms with Crippen LogP contribution in [0.2, 0.25) is 0 Å². The fourth-order valence-electron chi connectivity index (χ4n) is 4.94. The number of hydrogen-bond acceptors (Lipinski definition) is 6. The lowest BCUT2D eigenvalue weighted by molar-refractivity contribution is -0.137. The van der Waals surface area contributed by atoms with E-state index in [1.165, 1.54) is 17.4 Å². The van der Waals surface area contributed by atoms with Crippen molar-refractivity contribution in [2.45, 2.75) is 32.2 Å². The Morgan fingerprint density at radius 1 is 1.05 bits per heavy atom. The van der Waals surface area contributed by atoms with E-state index >= 15 is 0 Å². The molecular weight excluding hydrogens is 499 g/mol. The predicted molar refractivity (Wildman–Crippen MR) is 139 cm³/mol. The third-order valence-corrected chi connectivity index (χ3v) is 7.99. The summed E-state index contributed by atoms with van der Waals surface area (Å²) in [6.45, 7) is 6.10. The number of nitrogens with one attached hydrogen (secondary N) is 1. The Bertz CT molecular complexity index is 1240. The molecule has 37 heavy (non-hydrogen) atoms. The molecule has 2 aliphatic heterocycles. The molecule has 2 aromatic heterocycles. The summed E-state index contributed by atoms with van der Waals surface area (Å²) in [4.78, 5) is 25.2. The lowest BCUT2D eigenvalue weighted by Gasteiger charge is -2.32. The number of pyridine rings is 1. The maximum Gasteiger partial charge on any atom is 0.416 e. The number of carbonyl (C=O) groups excluding carboxylic acids is 1. The zero-order valence-electron chi connectivity index (χ0n) is 20.7. The second kappa shape index (κ2) is 10.9. The molecule has 1 aromatic carbocycles. The summed E-state index contributed by atoms with van der Waals surface area (Å²) in [6, 6.07) is 7.85. The van der Waals surface area contributed by atoms with E-state index in [1.54, 1.807) is 12.3 Å². The van der Waals surface area contributed by atoms with Crippen molar-refractivity contribution in [2.75, 3.05) is 45.1 Å². The van der Waals surface area contributed by atoms with E-state index in [0.717, 1.165) is 74.3 Å². The van der Waals surface area contributed by atoms with Gasteiger partial charge in [-0.15, -0.1) is 11.3 Å². The van der Waals surface area contributed by atoms with Gasteiger partial charge in [0.25, 0.3) is 5.91 Å². The van der Waals surface area contributed by atoms with Crippen LogP contribution in [-0.2, 0) is 32.2 Å². The molecule has 0 saturated carbocycles. The van der Waals surface area contributed by atoms with Gasteiger partial charge in [0.05, 0.1) is 11.1 Å². The molecule has 1 N–H and O–H groups in total. The molecule has 0 radical (unpaired) electrons. The zero-order chi connectivity index (χ0) is 26.0. The average Bonchev–Trinajstić information content (AvgIpc) is 3.29. The van der Waals surface area contributed by atoms with Gasteiger partial charge < -0.3 is 10.2 Å². The summed E-state index contributed by atoms with van der Waals surface area (Å²) < 4.78 is 41.0. The number of thiophene rings is 1. The smallest absolute Gasteiger partial charge is 0.322 e. The molecule has 10 heteroatoms. The molecule has 2 aliphatic rings. The van der Waals surface area contributed by atoms with E-state index in [9.17, 15) is 18.0 Å². The molecule has 1 saturated heterocycles. The third-order valence-electron chi connectivity index (χ3n) is 6.98. The van der Waals surface area contributed by atoms with Crippen LogP contribution < -0.4 is 5.32 Å². The maximum atomic E-state index is 13.7. The van der Waals surface area contributed by atoms with Crippen LogP contribution >= 0.6 is 11.3 Å². The van der Waals surface area contributed by atoms with E-state index in [-0.39, 0.29) is 11.6 Å². The molecule has 1 amide bonds. The van der Waals surface area contributed by atoms with E-state index in [0.29, 0.717) is 17.7 Å². The number of carbonyl (C=O) groups is 1. The molecule has 0 aliphatic carbocycles. The Balaban J connectivity index is 1.30. The van der Waals surface area contributed by atoms with Crippen molar-refractivity contribution >= 4 is 22.9 Å². The van der Waals surface area contributed by atoms with Gasteiger partial charge in [-0.1, -0.05) is 6.07 Å². The highest BCUT2D eigenvalue weighted by Crippen LogP contribution is 2.34. The second-order valence-corrected chi connectivity index (χ2v) is 10.8. The highest BCUT2D eigenvalue weighted by molar-refractivity contribution is 7.10. The van der Waals surface area contributed by atoms with Crippen LogP contribution in [0.25, 0.3) is 0 Å². The number of aromatic nitrogens is 1. The van der Waals surface area contributed by atoms with Gasteiger partial charge in [-0.25, -0.2) is 0 Å². The standard InChI is InChI=1S/C27H30F3N5OS/c1-33-7-9-34(10-8-33)16-20-11-21(27(28,29)30)13-22(12-20)32-26(36)24-18-37-25-17-35(6-4-23(24)25)15-19-3-2-5-31-14-19/h2-3,5,11-14,18H,4,6-10,15-17H2,1H3,(H,32,36). The minimum atomic E-state index is -4.49. The SMILES string of the molecule is CN1CCN(Cc2cc(NC(=O)c3csc4c3CCN(Cc3cccnc3)C4)cc(C(F)(F)F)c2)CC1. The van der Waals surface area contributed by atoms with Gasteiger partial charge in [0.2, 0.25) is 0 Å². The molecule has 3 aromatic rings. The van der Waals surface area contributed by atoms with E-state index < -0.39 is 11.7 Å². The van der Waals surface area contributed by atoms with E-state index in [4.69, 9.17) is 0 Å². The largest absolute Gasteiger partial charge is 0.416 e. The van der Waals surface area contributed by atoms with Gasteiger partial charge in [0.1, 0.15) is 0 Å². The van der Waals surface area contributed by atoms with Crippen LogP contribution in [0.1, 0.15) is 37.5 Å². The minimum Gasteiger partial charge on any atom is -0.322 e. The van der Waals surface area contributed by atoms with Crippen molar-refractivity contribution in [3.63, 3.8) is 0 Å². The Morgan fingerprint density at radius 3 is 2.57 bits per heavy atom. The summed E-state index contributed by atoms with van der Waals surface area (Å²) in [5.41, 5.74) is 2.67. The number of fused-ring (bicyclic) bond motifs is 1. The van der Waals surface area contributed by atoms with Gasteiger partial charge in [-0.2, -0.15) is 13.2 Å². The Hall–Kier alpha value is -2.79. The number of hydrogen-bond donors (Lipinski definition) is 1. The molecule has 6 nitrogen and oxygen atoms in total. The van der Waals surface area contributed by atoms with Gasteiger partial charge in [-0.3, -0.25) is 19.6 Å². The van der Waals surface area contributed by atoms with Crippen molar-refractivity contribution in [3.8, 4) is 0 Å². The minimum absolute atomic E-state index is 0.179. The number of halogens is 3. The highest BCUT2D eigenvalue weighted by Gasteiger charge is 2.32. The number of rotatable bonds is 6. The topological polar surface area (TPSA) is 51.7 Å². The molecule has 1 fully saturated rings. The van der Waals surface area contributed by atoms with Crippen molar-refractivity contribution in [1.29, 1.82) is 0 Å². The molecule has 5 rings (SSSR count). The lowest BCUT2D eigenvalue weighted by atomic mass is 10.0. The first-order valence-electron chi connectivity index (χ1n) is 12.4. The summed E-state index contributed by atoms with van der Waals surface area (Å²) in [6.07, 6.45) is -0.159. The Kier molecular flexibility index (Phi) is 7.62. The summed E-state index contributed by atoms with van der Waals surface area (Å²) in [7, 11) is 2.04. The summed E-state index contributed by atoms with van der Waals surface area (Å²) in [5.74, 6) is -0.358. The van der Waals surface area contributed by atoms with Crippen LogP contribution in [0.5, 0.6) is 0 Å². The normalized spacial score (nSPS) is 17.5. The van der Waals surface area contributed by atoms with Gasteiger partial charge in [-0.05, 0) is 54.4 Å². The van der Waals surface area contributed by atoms with Crippen LogP contribution in [0.15, 0.2) is 48.1 Å². The lowest BCUT2D eigenvalue weighted by Crippen LogP contribution is -2.43. The van der Waals surface area contributed by atoms with E-state index in [2.05, 4.69) is 25.0 Å². The number of piperazine rings is 1. The van der Waals surface area contributed by atoms with Crippen molar-refractivity contribution < 1.29 is 18.0 Å². The molecule has 196 valence electrons. The van der Waals surface area contributed by atoms with Gasteiger partial charge >= 0.3 is 6.18 Å². The maximum absolute atomic E-state index is 13.7. The third kappa shape index (κ3) is 6.38. The predicted octanol–water partition coefficient (Wildman–Crippen LogP) is 4.72. The number of likely N-dealkylation sites (N-methyl/N-ethyl adjacent to an activating group) is 1. The average molecular weight is 530 g/mol. The first-order chi connectivity index (χ1) is 17.7. The van der Waals surface area contributed by atoms with Crippen LogP contribution in [0.4, 0.5) is 18.9 Å².